The van der Waals surface area contributed by atoms with Crippen molar-refractivity contribution in [3.63, 3.8) is 0 Å². The van der Waals surface area contributed by atoms with Crippen LogP contribution in [0.2, 0.25) is 0 Å². The monoisotopic (exact) mass is 381 g/mol. The van der Waals surface area contributed by atoms with Crippen molar-refractivity contribution in [2.45, 2.75) is 57.0 Å². The molecule has 1 aliphatic carbocycles. The minimum Gasteiger partial charge on any atom is -0.507 e. The van der Waals surface area contributed by atoms with Crippen molar-refractivity contribution in [3.05, 3.63) is 29.3 Å². The highest BCUT2D eigenvalue weighted by Crippen LogP contribution is 2.25. The second kappa shape index (κ2) is 8.54. The molecule has 1 saturated heterocycles. The maximum absolute atomic E-state index is 13.9. The summed E-state index contributed by atoms with van der Waals surface area (Å²) >= 11 is 0. The topological polar surface area (TPSA) is 81.7 Å². The van der Waals surface area contributed by atoms with Gasteiger partial charge >= 0.3 is 6.03 Å². The molecule has 0 radical (unpaired) electrons. The van der Waals surface area contributed by atoms with Gasteiger partial charge in [0.25, 0.3) is 5.91 Å². The second-order valence-corrected chi connectivity index (χ2v) is 7.30. The van der Waals surface area contributed by atoms with Crippen LogP contribution in [0.15, 0.2) is 12.1 Å². The summed E-state index contributed by atoms with van der Waals surface area (Å²) in [5.41, 5.74) is -0.516. The molecule has 0 aromatic heterocycles. The number of carbonyl (C=O) groups excluding carboxylic acids is 2. The van der Waals surface area contributed by atoms with Crippen molar-refractivity contribution in [2.75, 3.05) is 13.1 Å². The number of nitrogens with one attached hydrogen (secondary N) is 2. The fourth-order valence-corrected chi connectivity index (χ4v) is 3.82. The molecular formula is C19H25F2N3O3. The van der Waals surface area contributed by atoms with Gasteiger partial charge in [-0.25, -0.2) is 13.6 Å². The molecule has 3 rings (SSSR count). The van der Waals surface area contributed by atoms with E-state index in [1.54, 1.807) is 0 Å². The van der Waals surface area contributed by atoms with E-state index < -0.39 is 28.9 Å². The number of nitrogens with zero attached hydrogens (tertiary/aromatic N) is 1. The third kappa shape index (κ3) is 4.87. The predicted octanol–water partition coefficient (Wildman–Crippen LogP) is 2.91. The first-order chi connectivity index (χ1) is 12.9. The van der Waals surface area contributed by atoms with Crippen LogP contribution in [0.1, 0.15) is 55.3 Å². The number of hydrogen-bond acceptors (Lipinski definition) is 3. The molecule has 1 aromatic rings. The summed E-state index contributed by atoms with van der Waals surface area (Å²) in [5, 5.41) is 15.6. The van der Waals surface area contributed by atoms with Crippen molar-refractivity contribution < 1.29 is 23.5 Å². The van der Waals surface area contributed by atoms with Gasteiger partial charge in [0.2, 0.25) is 0 Å². The molecule has 0 atom stereocenters. The zero-order valence-corrected chi connectivity index (χ0v) is 15.1. The van der Waals surface area contributed by atoms with Gasteiger partial charge in [-0.15, -0.1) is 0 Å². The summed E-state index contributed by atoms with van der Waals surface area (Å²) < 4.78 is 27.0. The maximum Gasteiger partial charge on any atom is 0.315 e. The van der Waals surface area contributed by atoms with E-state index in [1.807, 2.05) is 0 Å². The minimum absolute atomic E-state index is 0.0655. The molecule has 0 spiro atoms. The largest absolute Gasteiger partial charge is 0.507 e. The number of piperidine rings is 1. The fourth-order valence-electron chi connectivity index (χ4n) is 3.82. The summed E-state index contributed by atoms with van der Waals surface area (Å²) in [4.78, 5) is 26.0. The summed E-state index contributed by atoms with van der Waals surface area (Å²) in [6, 6.07) is 1.28. The molecular weight excluding hydrogens is 356 g/mol. The van der Waals surface area contributed by atoms with Crippen LogP contribution in [0.4, 0.5) is 13.6 Å². The summed E-state index contributed by atoms with van der Waals surface area (Å²) in [6.07, 6.45) is 6.58. The van der Waals surface area contributed by atoms with E-state index in [2.05, 4.69) is 10.6 Å². The van der Waals surface area contributed by atoms with Crippen molar-refractivity contribution >= 4 is 11.9 Å². The van der Waals surface area contributed by atoms with Gasteiger partial charge in [-0.3, -0.25) is 4.79 Å². The number of urea groups is 1. The molecule has 0 unspecified atom stereocenters. The number of aromatic hydroxyl groups is 1. The van der Waals surface area contributed by atoms with Crippen molar-refractivity contribution in [3.8, 4) is 5.75 Å². The molecule has 8 heteroatoms. The number of amides is 3. The van der Waals surface area contributed by atoms with E-state index in [0.29, 0.717) is 32.0 Å². The van der Waals surface area contributed by atoms with Crippen LogP contribution in [-0.2, 0) is 0 Å². The Morgan fingerprint density at radius 2 is 1.56 bits per heavy atom. The molecule has 6 nitrogen and oxygen atoms in total. The lowest BCUT2D eigenvalue weighted by Crippen LogP contribution is -2.51. The maximum atomic E-state index is 13.9. The van der Waals surface area contributed by atoms with Gasteiger partial charge in [0, 0.05) is 37.3 Å². The normalized spacial score (nSPS) is 19.0. The van der Waals surface area contributed by atoms with E-state index in [9.17, 15) is 23.5 Å². The first kappa shape index (κ1) is 19.4. The molecule has 1 aliphatic heterocycles. The van der Waals surface area contributed by atoms with Gasteiger partial charge in [-0.1, -0.05) is 19.3 Å². The molecule has 2 aliphatic rings. The quantitative estimate of drug-likeness (QED) is 0.753. The Labute approximate surface area is 156 Å². The van der Waals surface area contributed by atoms with Crippen LogP contribution in [0.5, 0.6) is 5.75 Å². The van der Waals surface area contributed by atoms with Gasteiger partial charge in [0.05, 0.1) is 0 Å². The molecule has 3 N–H and O–H groups in total. The van der Waals surface area contributed by atoms with E-state index in [0.717, 1.165) is 31.7 Å². The molecule has 3 amide bonds. The standard InChI is InChI=1S/C19H25F2N3O3/c20-12-10-15(21)17(16(25)11-12)18(26)24-8-6-14(7-9-24)23-19(27)22-13-4-2-1-3-5-13/h10-11,13-14,25H,1-9H2,(H2,22,23,27). The molecule has 148 valence electrons. The molecule has 27 heavy (non-hydrogen) atoms. The molecule has 1 aromatic carbocycles. The zero-order valence-electron chi connectivity index (χ0n) is 15.1. The van der Waals surface area contributed by atoms with Crippen molar-refractivity contribution in [1.82, 2.24) is 15.5 Å². The van der Waals surface area contributed by atoms with Crippen LogP contribution in [0, 0.1) is 11.6 Å². The Hall–Kier alpha value is -2.38. The first-order valence-electron chi connectivity index (χ1n) is 9.48. The Morgan fingerprint density at radius 3 is 2.15 bits per heavy atom. The predicted molar refractivity (Wildman–Crippen MR) is 95.5 cm³/mol. The molecule has 0 bridgehead atoms. The van der Waals surface area contributed by atoms with E-state index >= 15 is 0 Å². The lowest BCUT2D eigenvalue weighted by atomic mass is 9.96. The highest BCUT2D eigenvalue weighted by molar-refractivity contribution is 5.97. The number of carbonyl (C=O) groups is 2. The number of phenols is 1. The summed E-state index contributed by atoms with van der Waals surface area (Å²) in [6.45, 7) is 0.646. The van der Waals surface area contributed by atoms with Crippen LogP contribution in [-0.4, -0.2) is 47.1 Å². The average molecular weight is 381 g/mol. The number of rotatable bonds is 3. The van der Waals surface area contributed by atoms with E-state index in [1.165, 1.54) is 11.3 Å². The Kier molecular flexibility index (Phi) is 6.13. The molecule has 2 fully saturated rings. The highest BCUT2D eigenvalue weighted by atomic mass is 19.1. The van der Waals surface area contributed by atoms with Gasteiger partial charge < -0.3 is 20.6 Å². The smallest absolute Gasteiger partial charge is 0.315 e. The van der Waals surface area contributed by atoms with Crippen LogP contribution < -0.4 is 10.6 Å². The number of benzene rings is 1. The lowest BCUT2D eigenvalue weighted by Gasteiger charge is -2.33. The minimum atomic E-state index is -1.08. The van der Waals surface area contributed by atoms with Crippen LogP contribution in [0.3, 0.4) is 0 Å². The Bertz CT molecular complexity index is 676. The van der Waals surface area contributed by atoms with Crippen molar-refractivity contribution in [2.24, 2.45) is 0 Å². The Balaban J connectivity index is 1.50. The Morgan fingerprint density at radius 1 is 0.963 bits per heavy atom. The van der Waals surface area contributed by atoms with E-state index in [-0.39, 0.29) is 18.1 Å². The molecule has 1 saturated carbocycles. The van der Waals surface area contributed by atoms with E-state index in [4.69, 9.17) is 0 Å². The summed E-state index contributed by atoms with van der Waals surface area (Å²) in [7, 11) is 0. The zero-order chi connectivity index (χ0) is 19.4. The van der Waals surface area contributed by atoms with Gasteiger partial charge in [-0.2, -0.15) is 0 Å². The van der Waals surface area contributed by atoms with Crippen molar-refractivity contribution in [1.29, 1.82) is 0 Å². The first-order valence-corrected chi connectivity index (χ1v) is 9.48. The molecule has 1 heterocycles. The number of halogens is 2. The number of phenolic OH excluding ortho intramolecular Hbond substituents is 1. The summed E-state index contributed by atoms with van der Waals surface area (Å²) in [5.74, 6) is -3.39. The van der Waals surface area contributed by atoms with Gasteiger partial charge in [0.15, 0.2) is 0 Å². The van der Waals surface area contributed by atoms with Crippen LogP contribution in [0.25, 0.3) is 0 Å². The fraction of sp³-hybridized carbons (Fsp3) is 0.579. The average Bonchev–Trinajstić information content (AvgIpc) is 2.62. The number of likely N-dealkylation sites (tertiary alicyclic amines) is 1. The SMILES string of the molecule is O=C(NC1CCCCC1)NC1CCN(C(=O)c2c(O)cc(F)cc2F)CC1. The van der Waals surface area contributed by atoms with Gasteiger partial charge in [0.1, 0.15) is 22.9 Å². The van der Waals surface area contributed by atoms with Crippen LogP contribution >= 0.6 is 0 Å². The third-order valence-corrected chi connectivity index (χ3v) is 5.31. The second-order valence-electron chi connectivity index (χ2n) is 7.30. The highest BCUT2D eigenvalue weighted by Gasteiger charge is 2.28. The van der Waals surface area contributed by atoms with Gasteiger partial charge in [-0.05, 0) is 25.7 Å². The number of hydrogen-bond donors (Lipinski definition) is 3. The third-order valence-electron chi connectivity index (χ3n) is 5.31. The lowest BCUT2D eigenvalue weighted by molar-refractivity contribution is 0.0700.